The van der Waals surface area contributed by atoms with Crippen LogP contribution in [0.2, 0.25) is 0 Å². The summed E-state index contributed by atoms with van der Waals surface area (Å²) in [6.45, 7) is 0. The molecule has 0 N–H and O–H groups in total. The first kappa shape index (κ1) is 7.22. The van der Waals surface area contributed by atoms with Gasteiger partial charge in [-0.25, -0.2) is 0 Å². The molecule has 54 valence electrons. The molecule has 0 amide bonds. The second kappa shape index (κ2) is 2.80. The lowest BCUT2D eigenvalue weighted by molar-refractivity contribution is -0.254. The van der Waals surface area contributed by atoms with Crippen LogP contribution in [-0.4, -0.2) is 5.97 Å². The predicted molar refractivity (Wildman–Crippen MR) is 35.5 cm³/mol. The smallest absolute Gasteiger partial charge is 0.394 e. The molecule has 0 spiro atoms. The highest BCUT2D eigenvalue weighted by Crippen LogP contribution is 2.16. The quantitative estimate of drug-likeness (QED) is 0.545. The third kappa shape index (κ3) is 1.33. The summed E-state index contributed by atoms with van der Waals surface area (Å²) in [5.74, 6) is -1.35. The predicted octanol–water partition coefficient (Wildman–Crippen LogP) is 0.535. The van der Waals surface area contributed by atoms with E-state index in [-0.39, 0.29) is 11.3 Å². The van der Waals surface area contributed by atoms with Gasteiger partial charge in [0.2, 0.25) is 5.39 Å². The number of aromatic carboxylic acids is 1. The molecule has 0 radical (unpaired) electrons. The summed E-state index contributed by atoms with van der Waals surface area (Å²) >= 11 is 0. The normalized spacial score (nSPS) is 8.64. The maximum absolute atomic E-state index is 10.3. The number of carbonyl (C=O) groups is 1. The average Bonchev–Trinajstić information content (AvgIpc) is 2.04. The monoisotopic (exact) mass is 148 g/mol. The first-order valence-electron chi connectivity index (χ1n) is 2.91. The molecule has 0 aromatic heterocycles. The van der Waals surface area contributed by atoms with Crippen molar-refractivity contribution in [3.05, 3.63) is 34.8 Å². The standard InChI is InChI=1S/C7H4N2O2/c8-9-6-4-2-1-3-5(6)7(10)11/h1-4H. The number of carbonyl (C=O) groups excluding carboxylic acids is 1. The Balaban J connectivity index is 3.26. The van der Waals surface area contributed by atoms with E-state index < -0.39 is 5.97 Å². The molecule has 0 saturated carbocycles. The average molecular weight is 148 g/mol. The minimum Gasteiger partial charge on any atom is -0.545 e. The van der Waals surface area contributed by atoms with Crippen molar-refractivity contribution < 1.29 is 9.90 Å². The second-order valence-electron chi connectivity index (χ2n) is 1.90. The summed E-state index contributed by atoms with van der Waals surface area (Å²) in [5, 5.41) is 18.6. The molecule has 4 heteroatoms. The van der Waals surface area contributed by atoms with Gasteiger partial charge in [0.25, 0.3) is 0 Å². The topological polar surface area (TPSA) is 68.3 Å². The molecule has 1 rings (SSSR count). The van der Waals surface area contributed by atoms with Gasteiger partial charge in [-0.3, -0.25) is 0 Å². The molecule has 0 atom stereocenters. The van der Waals surface area contributed by atoms with Crippen LogP contribution < -0.4 is 5.11 Å². The SMILES string of the molecule is N#[N+]c1ccccc1C(=O)[O-]. The maximum Gasteiger partial charge on any atom is 0.394 e. The molecule has 0 fully saturated rings. The van der Waals surface area contributed by atoms with Crippen molar-refractivity contribution >= 4 is 11.7 Å². The highest BCUT2D eigenvalue weighted by atomic mass is 16.4. The zero-order valence-electron chi connectivity index (χ0n) is 5.52. The number of benzene rings is 1. The number of hydrogen-bond acceptors (Lipinski definition) is 3. The highest BCUT2D eigenvalue weighted by molar-refractivity contribution is 5.92. The molecule has 4 nitrogen and oxygen atoms in total. The van der Waals surface area contributed by atoms with Gasteiger partial charge in [-0.15, -0.1) is 0 Å². The van der Waals surface area contributed by atoms with E-state index in [1.54, 1.807) is 6.07 Å². The Bertz CT molecular complexity index is 327. The maximum atomic E-state index is 10.3. The lowest BCUT2D eigenvalue weighted by atomic mass is 10.2. The van der Waals surface area contributed by atoms with E-state index in [9.17, 15) is 9.90 Å². The van der Waals surface area contributed by atoms with E-state index in [4.69, 9.17) is 5.39 Å². The minimum absolute atomic E-state index is 0.00694. The van der Waals surface area contributed by atoms with Crippen molar-refractivity contribution in [2.45, 2.75) is 0 Å². The first-order chi connectivity index (χ1) is 5.25. The molecule has 0 heterocycles. The number of carboxylic acid groups (broad SMARTS) is 1. The van der Waals surface area contributed by atoms with Crippen molar-refractivity contribution in [1.29, 1.82) is 5.39 Å². The minimum atomic E-state index is -1.35. The van der Waals surface area contributed by atoms with Gasteiger partial charge < -0.3 is 9.90 Å². The van der Waals surface area contributed by atoms with Gasteiger partial charge in [-0.2, -0.15) is 0 Å². The number of hydrogen-bond donors (Lipinski definition) is 0. The number of nitrogens with zero attached hydrogens (tertiary/aromatic N) is 2. The number of rotatable bonds is 1. The number of diazo groups is 1. The Kier molecular flexibility index (Phi) is 1.83. The van der Waals surface area contributed by atoms with Crippen LogP contribution in [0.25, 0.3) is 4.98 Å². The third-order valence-corrected chi connectivity index (χ3v) is 1.23. The van der Waals surface area contributed by atoms with Crippen LogP contribution in [0.5, 0.6) is 0 Å². The Morgan fingerprint density at radius 1 is 1.45 bits per heavy atom. The van der Waals surface area contributed by atoms with E-state index in [1.807, 2.05) is 0 Å². The molecule has 11 heavy (non-hydrogen) atoms. The van der Waals surface area contributed by atoms with Crippen LogP contribution in [0.15, 0.2) is 24.3 Å². The Morgan fingerprint density at radius 2 is 2.09 bits per heavy atom. The van der Waals surface area contributed by atoms with Crippen molar-refractivity contribution in [2.75, 3.05) is 0 Å². The van der Waals surface area contributed by atoms with Crippen LogP contribution in [0, 0.1) is 5.39 Å². The van der Waals surface area contributed by atoms with Gasteiger partial charge in [0.1, 0.15) is 0 Å². The molecule has 0 unspecified atom stereocenters. The molecule has 0 aliphatic carbocycles. The molecule has 1 aromatic carbocycles. The lowest BCUT2D eigenvalue weighted by Gasteiger charge is -1.95. The highest BCUT2D eigenvalue weighted by Gasteiger charge is 2.11. The van der Waals surface area contributed by atoms with Crippen molar-refractivity contribution in [3.63, 3.8) is 0 Å². The Labute approximate surface area is 62.7 Å². The van der Waals surface area contributed by atoms with E-state index in [0.29, 0.717) is 0 Å². The fourth-order valence-electron chi connectivity index (χ4n) is 0.733. The molecule has 0 aliphatic heterocycles. The summed E-state index contributed by atoms with van der Waals surface area (Å²) in [4.78, 5) is 13.1. The van der Waals surface area contributed by atoms with Gasteiger partial charge in [-0.1, -0.05) is 12.1 Å². The van der Waals surface area contributed by atoms with Gasteiger partial charge >= 0.3 is 5.69 Å². The fraction of sp³-hybridized carbons (Fsp3) is 0. The summed E-state index contributed by atoms with van der Waals surface area (Å²) in [6.07, 6.45) is 0. The summed E-state index contributed by atoms with van der Waals surface area (Å²) in [6, 6.07) is 5.79. The Morgan fingerprint density at radius 3 is 2.55 bits per heavy atom. The van der Waals surface area contributed by atoms with Crippen LogP contribution >= 0.6 is 0 Å². The van der Waals surface area contributed by atoms with E-state index in [1.165, 1.54) is 18.2 Å². The summed E-state index contributed by atoms with van der Waals surface area (Å²) < 4.78 is 0. The lowest BCUT2D eigenvalue weighted by Crippen LogP contribution is -2.22. The molecular weight excluding hydrogens is 144 g/mol. The number of carboxylic acids is 1. The van der Waals surface area contributed by atoms with Gasteiger partial charge in [0.05, 0.1) is 11.5 Å². The van der Waals surface area contributed by atoms with Crippen LogP contribution in [0.4, 0.5) is 5.69 Å². The van der Waals surface area contributed by atoms with Crippen LogP contribution in [0.1, 0.15) is 10.4 Å². The Hall–Kier alpha value is -1.89. The van der Waals surface area contributed by atoms with E-state index in [0.717, 1.165) is 0 Å². The molecular formula is C7H4N2O2. The van der Waals surface area contributed by atoms with E-state index in [2.05, 4.69) is 4.98 Å². The van der Waals surface area contributed by atoms with Crippen LogP contribution in [-0.2, 0) is 0 Å². The second-order valence-corrected chi connectivity index (χ2v) is 1.90. The molecule has 0 saturated heterocycles. The van der Waals surface area contributed by atoms with Gasteiger partial charge in [0.15, 0.2) is 4.98 Å². The summed E-state index contributed by atoms with van der Waals surface area (Å²) in [7, 11) is 0. The van der Waals surface area contributed by atoms with Gasteiger partial charge in [0, 0.05) is 6.07 Å². The third-order valence-electron chi connectivity index (χ3n) is 1.23. The van der Waals surface area contributed by atoms with Crippen molar-refractivity contribution in [3.8, 4) is 0 Å². The molecule has 1 aromatic rings. The van der Waals surface area contributed by atoms with Crippen molar-refractivity contribution in [2.24, 2.45) is 0 Å². The van der Waals surface area contributed by atoms with E-state index >= 15 is 0 Å². The molecule has 0 bridgehead atoms. The van der Waals surface area contributed by atoms with Crippen molar-refractivity contribution in [1.82, 2.24) is 0 Å². The zero-order chi connectivity index (χ0) is 8.27. The molecule has 0 aliphatic rings. The van der Waals surface area contributed by atoms with Gasteiger partial charge in [-0.05, 0) is 6.07 Å². The summed E-state index contributed by atoms with van der Waals surface area (Å²) in [5.41, 5.74) is -0.109. The largest absolute Gasteiger partial charge is 0.545 e. The first-order valence-corrected chi connectivity index (χ1v) is 2.91. The zero-order valence-corrected chi connectivity index (χ0v) is 5.52. The fourth-order valence-corrected chi connectivity index (χ4v) is 0.733. The van der Waals surface area contributed by atoms with Crippen LogP contribution in [0.3, 0.4) is 0 Å².